The topological polar surface area (TPSA) is 55.8 Å². The second kappa shape index (κ2) is 8.15. The van der Waals surface area contributed by atoms with Gasteiger partial charge in [0.2, 0.25) is 0 Å². The molecule has 1 unspecified atom stereocenters. The zero-order valence-electron chi connectivity index (χ0n) is 13.4. The molecule has 21 heavy (non-hydrogen) atoms. The van der Waals surface area contributed by atoms with Crippen molar-refractivity contribution in [3.8, 4) is 0 Å². The molecule has 0 aliphatic rings. The number of ether oxygens (including phenoxy) is 1. The Morgan fingerprint density at radius 1 is 1.14 bits per heavy atom. The van der Waals surface area contributed by atoms with Gasteiger partial charge in [-0.1, -0.05) is 24.3 Å². The van der Waals surface area contributed by atoms with E-state index in [1.165, 1.54) is 5.56 Å². The van der Waals surface area contributed by atoms with Gasteiger partial charge in [-0.15, -0.1) is 0 Å². The molecule has 4 nitrogen and oxygen atoms in total. The van der Waals surface area contributed by atoms with E-state index in [1.54, 1.807) is 0 Å². The van der Waals surface area contributed by atoms with Crippen LogP contribution >= 0.6 is 0 Å². The SMILES string of the molecule is CC(CCc1ccc(CCOC(=O)C(C)(C)C)cc1)OO. The van der Waals surface area contributed by atoms with Crippen LogP contribution in [0, 0.1) is 5.41 Å². The van der Waals surface area contributed by atoms with Gasteiger partial charge in [-0.3, -0.25) is 10.1 Å². The molecule has 0 aromatic heterocycles. The van der Waals surface area contributed by atoms with Gasteiger partial charge in [0.05, 0.1) is 18.1 Å². The van der Waals surface area contributed by atoms with Crippen molar-refractivity contribution in [2.24, 2.45) is 5.41 Å². The molecule has 0 amide bonds. The Labute approximate surface area is 127 Å². The van der Waals surface area contributed by atoms with Gasteiger partial charge in [0.15, 0.2) is 0 Å². The summed E-state index contributed by atoms with van der Waals surface area (Å²) in [6, 6.07) is 8.21. The van der Waals surface area contributed by atoms with E-state index in [4.69, 9.17) is 9.99 Å². The summed E-state index contributed by atoms with van der Waals surface area (Å²) in [5.74, 6) is -0.169. The molecule has 0 bridgehead atoms. The monoisotopic (exact) mass is 294 g/mol. The lowest BCUT2D eigenvalue weighted by Gasteiger charge is -2.16. The summed E-state index contributed by atoms with van der Waals surface area (Å²) in [7, 11) is 0. The summed E-state index contributed by atoms with van der Waals surface area (Å²) in [6.07, 6.45) is 2.21. The van der Waals surface area contributed by atoms with Gasteiger partial charge in [-0.25, -0.2) is 4.89 Å². The number of rotatable bonds is 7. The predicted octanol–water partition coefficient (Wildman–Crippen LogP) is 3.63. The first kappa shape index (κ1) is 17.7. The summed E-state index contributed by atoms with van der Waals surface area (Å²) >= 11 is 0. The minimum Gasteiger partial charge on any atom is -0.465 e. The maximum Gasteiger partial charge on any atom is 0.311 e. The van der Waals surface area contributed by atoms with Crippen molar-refractivity contribution in [1.82, 2.24) is 0 Å². The average molecular weight is 294 g/mol. The first-order valence-electron chi connectivity index (χ1n) is 7.38. The molecule has 118 valence electrons. The molecule has 0 heterocycles. The van der Waals surface area contributed by atoms with Gasteiger partial charge in [-0.05, 0) is 51.7 Å². The van der Waals surface area contributed by atoms with Gasteiger partial charge in [0, 0.05) is 6.42 Å². The molecule has 1 aromatic rings. The highest BCUT2D eigenvalue weighted by Crippen LogP contribution is 2.15. The van der Waals surface area contributed by atoms with E-state index in [9.17, 15) is 4.79 Å². The fourth-order valence-electron chi connectivity index (χ4n) is 1.77. The lowest BCUT2D eigenvalue weighted by atomic mass is 9.97. The Balaban J connectivity index is 2.36. The zero-order valence-corrected chi connectivity index (χ0v) is 13.4. The standard InChI is InChI=1S/C17H26O4/c1-13(21-19)5-6-14-7-9-15(10-8-14)11-12-20-16(18)17(2,3)4/h7-10,13,19H,5-6,11-12H2,1-4H3. The lowest BCUT2D eigenvalue weighted by Crippen LogP contribution is -2.23. The van der Waals surface area contributed by atoms with Crippen LogP contribution in [0.15, 0.2) is 24.3 Å². The number of benzene rings is 1. The largest absolute Gasteiger partial charge is 0.465 e. The van der Waals surface area contributed by atoms with Crippen LogP contribution in [0.2, 0.25) is 0 Å². The van der Waals surface area contributed by atoms with E-state index in [0.717, 1.165) is 24.8 Å². The van der Waals surface area contributed by atoms with Crippen LogP contribution in [0.25, 0.3) is 0 Å². The van der Waals surface area contributed by atoms with Crippen molar-refractivity contribution in [2.75, 3.05) is 6.61 Å². The molecule has 0 aliphatic heterocycles. The Morgan fingerprint density at radius 3 is 2.14 bits per heavy atom. The molecule has 0 fully saturated rings. The molecule has 0 spiro atoms. The molecule has 0 radical (unpaired) electrons. The summed E-state index contributed by atoms with van der Waals surface area (Å²) in [5.41, 5.74) is 1.90. The van der Waals surface area contributed by atoms with Crippen LogP contribution in [0.5, 0.6) is 0 Å². The van der Waals surface area contributed by atoms with Crippen molar-refractivity contribution >= 4 is 5.97 Å². The van der Waals surface area contributed by atoms with E-state index in [1.807, 2.05) is 39.8 Å². The van der Waals surface area contributed by atoms with Gasteiger partial charge in [0.25, 0.3) is 0 Å². The zero-order chi connectivity index (χ0) is 15.9. The van der Waals surface area contributed by atoms with E-state index in [0.29, 0.717) is 6.61 Å². The van der Waals surface area contributed by atoms with Crippen LogP contribution in [-0.4, -0.2) is 23.9 Å². The second-order valence-corrected chi connectivity index (χ2v) is 6.41. The molecule has 0 aliphatic carbocycles. The first-order chi connectivity index (χ1) is 9.82. The number of hydrogen-bond acceptors (Lipinski definition) is 4. The third-order valence-electron chi connectivity index (χ3n) is 3.28. The fourth-order valence-corrected chi connectivity index (χ4v) is 1.77. The number of carbonyl (C=O) groups excluding carboxylic acids is 1. The van der Waals surface area contributed by atoms with Crippen LogP contribution in [0.4, 0.5) is 0 Å². The van der Waals surface area contributed by atoms with E-state index in [-0.39, 0.29) is 12.1 Å². The normalized spacial score (nSPS) is 13.0. The van der Waals surface area contributed by atoms with Crippen molar-refractivity contribution < 1.29 is 19.7 Å². The Hall–Kier alpha value is -1.39. The Kier molecular flexibility index (Phi) is 6.85. The molecule has 4 heteroatoms. The quantitative estimate of drug-likeness (QED) is 0.474. The number of aryl methyl sites for hydroxylation is 1. The Bertz CT molecular complexity index is 431. The highest BCUT2D eigenvalue weighted by molar-refractivity contribution is 5.75. The maximum atomic E-state index is 11.6. The summed E-state index contributed by atoms with van der Waals surface area (Å²) in [6.45, 7) is 7.78. The van der Waals surface area contributed by atoms with Gasteiger partial charge < -0.3 is 4.74 Å². The lowest BCUT2D eigenvalue weighted by molar-refractivity contribution is -0.274. The third-order valence-corrected chi connectivity index (χ3v) is 3.28. The minimum atomic E-state index is -0.449. The van der Waals surface area contributed by atoms with Gasteiger partial charge in [-0.2, -0.15) is 0 Å². The van der Waals surface area contributed by atoms with Crippen molar-refractivity contribution in [1.29, 1.82) is 0 Å². The highest BCUT2D eigenvalue weighted by Gasteiger charge is 2.22. The van der Waals surface area contributed by atoms with Gasteiger partial charge in [0.1, 0.15) is 0 Å². The van der Waals surface area contributed by atoms with Crippen molar-refractivity contribution in [2.45, 2.75) is 53.1 Å². The van der Waals surface area contributed by atoms with Crippen LogP contribution in [-0.2, 0) is 27.3 Å². The summed E-state index contributed by atoms with van der Waals surface area (Å²) in [5, 5.41) is 8.51. The number of carbonyl (C=O) groups is 1. The van der Waals surface area contributed by atoms with E-state index in [2.05, 4.69) is 17.0 Å². The van der Waals surface area contributed by atoms with Crippen molar-refractivity contribution in [3.63, 3.8) is 0 Å². The molecule has 1 aromatic carbocycles. The number of esters is 1. The summed E-state index contributed by atoms with van der Waals surface area (Å²) in [4.78, 5) is 15.9. The Morgan fingerprint density at radius 2 is 1.67 bits per heavy atom. The third kappa shape index (κ3) is 6.74. The highest BCUT2D eigenvalue weighted by atomic mass is 17.1. The first-order valence-corrected chi connectivity index (χ1v) is 7.38. The molecule has 0 saturated carbocycles. The number of hydrogen-bond donors (Lipinski definition) is 1. The summed E-state index contributed by atoms with van der Waals surface area (Å²) < 4.78 is 5.25. The maximum absolute atomic E-state index is 11.6. The van der Waals surface area contributed by atoms with Crippen LogP contribution < -0.4 is 0 Å². The van der Waals surface area contributed by atoms with E-state index >= 15 is 0 Å². The predicted molar refractivity (Wildman–Crippen MR) is 82.1 cm³/mol. The second-order valence-electron chi connectivity index (χ2n) is 6.41. The minimum absolute atomic E-state index is 0.151. The van der Waals surface area contributed by atoms with Crippen LogP contribution in [0.1, 0.15) is 45.2 Å². The fraction of sp³-hybridized carbons (Fsp3) is 0.588. The van der Waals surface area contributed by atoms with Crippen LogP contribution in [0.3, 0.4) is 0 Å². The molecular weight excluding hydrogens is 268 g/mol. The van der Waals surface area contributed by atoms with E-state index < -0.39 is 5.41 Å². The molecule has 1 N–H and O–H groups in total. The molecule has 1 atom stereocenters. The average Bonchev–Trinajstić information content (AvgIpc) is 2.44. The molecule has 0 saturated heterocycles. The molecular formula is C17H26O4. The molecule has 1 rings (SSSR count). The van der Waals surface area contributed by atoms with Crippen molar-refractivity contribution in [3.05, 3.63) is 35.4 Å². The van der Waals surface area contributed by atoms with Gasteiger partial charge >= 0.3 is 5.97 Å². The smallest absolute Gasteiger partial charge is 0.311 e.